The number of nitrogens with one attached hydrogen (secondary N) is 3. The summed E-state index contributed by atoms with van der Waals surface area (Å²) in [5.41, 5.74) is 2.44. The highest BCUT2D eigenvalue weighted by molar-refractivity contribution is 6.06. The second-order valence-electron chi connectivity index (χ2n) is 9.22. The summed E-state index contributed by atoms with van der Waals surface area (Å²) in [6.07, 6.45) is 2.74. The highest BCUT2D eigenvalue weighted by atomic mass is 16.2. The van der Waals surface area contributed by atoms with Crippen molar-refractivity contribution in [3.05, 3.63) is 34.9 Å². The first-order valence-electron chi connectivity index (χ1n) is 11.5. The zero-order valence-corrected chi connectivity index (χ0v) is 18.1. The molecule has 0 bridgehead atoms. The number of imide groups is 1. The van der Waals surface area contributed by atoms with Crippen LogP contribution in [0.2, 0.25) is 0 Å². The molecule has 4 amide bonds. The van der Waals surface area contributed by atoms with Crippen molar-refractivity contribution < 1.29 is 19.2 Å². The Morgan fingerprint density at radius 2 is 1.78 bits per heavy atom. The van der Waals surface area contributed by atoms with Crippen LogP contribution in [0.4, 0.5) is 0 Å². The van der Waals surface area contributed by atoms with Crippen molar-refractivity contribution in [1.29, 1.82) is 0 Å². The summed E-state index contributed by atoms with van der Waals surface area (Å²) >= 11 is 0. The Bertz CT molecular complexity index is 958. The Morgan fingerprint density at radius 3 is 2.56 bits per heavy atom. The molecule has 3 N–H and O–H groups in total. The Balaban J connectivity index is 1.38. The Morgan fingerprint density at radius 1 is 0.969 bits per heavy atom. The van der Waals surface area contributed by atoms with Crippen molar-refractivity contribution in [1.82, 2.24) is 25.8 Å². The lowest BCUT2D eigenvalue weighted by Crippen LogP contribution is -2.57. The predicted octanol–water partition coefficient (Wildman–Crippen LogP) is -0.252. The van der Waals surface area contributed by atoms with E-state index in [0.29, 0.717) is 44.1 Å². The molecule has 0 spiro atoms. The van der Waals surface area contributed by atoms with Crippen LogP contribution in [0.25, 0.3) is 0 Å². The van der Waals surface area contributed by atoms with Crippen LogP contribution in [0, 0.1) is 5.92 Å². The predicted molar refractivity (Wildman–Crippen MR) is 115 cm³/mol. The first kappa shape index (κ1) is 21.1. The Labute approximate surface area is 186 Å². The number of piperidine rings is 2. The molecule has 0 radical (unpaired) electrons. The minimum Gasteiger partial charge on any atom is -0.353 e. The van der Waals surface area contributed by atoms with E-state index in [2.05, 4.69) is 20.9 Å². The molecule has 0 aliphatic carbocycles. The summed E-state index contributed by atoms with van der Waals surface area (Å²) in [5.74, 6) is -0.334. The quantitative estimate of drug-likeness (QED) is 0.558. The lowest BCUT2D eigenvalue weighted by atomic mass is 9.87. The zero-order chi connectivity index (χ0) is 22.2. The second kappa shape index (κ2) is 8.63. The average Bonchev–Trinajstić information content (AvgIpc) is 3.12. The summed E-state index contributed by atoms with van der Waals surface area (Å²) in [7, 11) is 0. The maximum absolute atomic E-state index is 13.4. The number of hydrogen-bond donors (Lipinski definition) is 3. The van der Waals surface area contributed by atoms with Gasteiger partial charge in [0.1, 0.15) is 6.04 Å². The number of carbonyl (C=O) groups is 4. The van der Waals surface area contributed by atoms with Gasteiger partial charge in [0, 0.05) is 37.7 Å². The van der Waals surface area contributed by atoms with E-state index < -0.39 is 11.9 Å². The van der Waals surface area contributed by atoms with E-state index in [1.807, 2.05) is 18.2 Å². The van der Waals surface area contributed by atoms with Gasteiger partial charge in [-0.05, 0) is 49.4 Å². The first-order valence-corrected chi connectivity index (χ1v) is 11.5. The van der Waals surface area contributed by atoms with Crippen molar-refractivity contribution in [2.75, 3.05) is 26.2 Å². The third-order valence-corrected chi connectivity index (χ3v) is 7.26. The van der Waals surface area contributed by atoms with Gasteiger partial charge in [0.05, 0.1) is 6.54 Å². The number of rotatable bonds is 4. The van der Waals surface area contributed by atoms with Crippen LogP contribution >= 0.6 is 0 Å². The second-order valence-corrected chi connectivity index (χ2v) is 9.22. The van der Waals surface area contributed by atoms with Gasteiger partial charge in [0.25, 0.3) is 5.91 Å². The van der Waals surface area contributed by atoms with Crippen LogP contribution in [-0.2, 0) is 27.5 Å². The molecule has 0 saturated carbocycles. The molecular formula is C23H29N5O4. The first-order chi connectivity index (χ1) is 15.5. The van der Waals surface area contributed by atoms with Gasteiger partial charge in [-0.25, -0.2) is 0 Å². The van der Waals surface area contributed by atoms with Crippen molar-refractivity contribution in [3.8, 4) is 0 Å². The van der Waals surface area contributed by atoms with Crippen LogP contribution in [-0.4, -0.2) is 71.7 Å². The SMILES string of the molecule is O=C1CN(Cc2cccc3c2C(=O)N(C2CCC(=O)NC2=O)C3)C(C2CCNCC2)CN1. The summed E-state index contributed by atoms with van der Waals surface area (Å²) in [4.78, 5) is 53.3. The third-order valence-electron chi connectivity index (χ3n) is 7.26. The highest BCUT2D eigenvalue weighted by Gasteiger charge is 2.41. The van der Waals surface area contributed by atoms with Crippen LogP contribution in [0.5, 0.6) is 0 Å². The molecule has 5 rings (SSSR count). The van der Waals surface area contributed by atoms with Gasteiger partial charge in [-0.15, -0.1) is 0 Å². The molecule has 170 valence electrons. The molecule has 4 aliphatic heterocycles. The van der Waals surface area contributed by atoms with E-state index >= 15 is 0 Å². The molecule has 4 heterocycles. The zero-order valence-electron chi connectivity index (χ0n) is 18.1. The van der Waals surface area contributed by atoms with Crippen molar-refractivity contribution in [3.63, 3.8) is 0 Å². The minimum atomic E-state index is -0.622. The number of nitrogens with zero attached hydrogens (tertiary/aromatic N) is 2. The number of fused-ring (bicyclic) bond motifs is 1. The molecule has 1 aromatic rings. The molecule has 4 aliphatic rings. The molecular weight excluding hydrogens is 410 g/mol. The molecule has 9 heteroatoms. The fourth-order valence-electron chi connectivity index (χ4n) is 5.61. The number of amides is 4. The molecule has 3 fully saturated rings. The third kappa shape index (κ3) is 3.91. The van der Waals surface area contributed by atoms with E-state index in [-0.39, 0.29) is 30.2 Å². The number of benzene rings is 1. The summed E-state index contributed by atoms with van der Waals surface area (Å²) in [6.45, 7) is 3.83. The van der Waals surface area contributed by atoms with Gasteiger partial charge in [-0.1, -0.05) is 18.2 Å². The summed E-state index contributed by atoms with van der Waals surface area (Å²) in [5, 5.41) is 8.77. The minimum absolute atomic E-state index is 0.0132. The van der Waals surface area contributed by atoms with Gasteiger partial charge in [-0.3, -0.25) is 29.4 Å². The highest BCUT2D eigenvalue weighted by Crippen LogP contribution is 2.32. The van der Waals surface area contributed by atoms with Crippen LogP contribution in [0.1, 0.15) is 47.2 Å². The van der Waals surface area contributed by atoms with E-state index in [1.54, 1.807) is 4.90 Å². The lowest BCUT2D eigenvalue weighted by Gasteiger charge is -2.41. The maximum Gasteiger partial charge on any atom is 0.255 e. The van der Waals surface area contributed by atoms with E-state index in [9.17, 15) is 19.2 Å². The largest absolute Gasteiger partial charge is 0.353 e. The van der Waals surface area contributed by atoms with Crippen molar-refractivity contribution in [2.24, 2.45) is 5.92 Å². The molecule has 3 saturated heterocycles. The Hall–Kier alpha value is -2.78. The van der Waals surface area contributed by atoms with Gasteiger partial charge < -0.3 is 15.5 Å². The molecule has 2 unspecified atom stereocenters. The van der Waals surface area contributed by atoms with Crippen LogP contribution < -0.4 is 16.0 Å². The molecule has 1 aromatic carbocycles. The maximum atomic E-state index is 13.4. The average molecular weight is 440 g/mol. The van der Waals surface area contributed by atoms with Crippen molar-refractivity contribution >= 4 is 23.6 Å². The van der Waals surface area contributed by atoms with Gasteiger partial charge in [0.2, 0.25) is 17.7 Å². The van der Waals surface area contributed by atoms with E-state index in [4.69, 9.17) is 0 Å². The van der Waals surface area contributed by atoms with Gasteiger partial charge >= 0.3 is 0 Å². The van der Waals surface area contributed by atoms with Crippen molar-refractivity contribution in [2.45, 2.75) is 50.9 Å². The monoisotopic (exact) mass is 439 g/mol. The number of hydrogen-bond acceptors (Lipinski definition) is 6. The molecule has 32 heavy (non-hydrogen) atoms. The van der Waals surface area contributed by atoms with E-state index in [1.165, 1.54) is 0 Å². The Kier molecular flexibility index (Phi) is 5.69. The normalized spacial score (nSPS) is 27.3. The smallest absolute Gasteiger partial charge is 0.255 e. The number of carbonyl (C=O) groups excluding carboxylic acids is 4. The van der Waals surface area contributed by atoms with Crippen LogP contribution in [0.3, 0.4) is 0 Å². The summed E-state index contributed by atoms with van der Waals surface area (Å²) in [6, 6.07) is 5.45. The number of piperazine rings is 1. The summed E-state index contributed by atoms with van der Waals surface area (Å²) < 4.78 is 0. The molecule has 0 aromatic heterocycles. The van der Waals surface area contributed by atoms with Crippen LogP contribution in [0.15, 0.2) is 18.2 Å². The standard InChI is InChI=1S/C23H29N5O4/c29-19-5-4-17(22(31)26-19)28-12-16-3-1-2-15(21(16)23(28)32)11-27-13-20(30)25-10-18(27)14-6-8-24-9-7-14/h1-3,14,17-18,24H,4-13H2,(H,25,30)(H,26,29,31). The fourth-order valence-corrected chi connectivity index (χ4v) is 5.61. The van der Waals surface area contributed by atoms with E-state index in [0.717, 1.165) is 37.1 Å². The lowest BCUT2D eigenvalue weighted by molar-refractivity contribution is -0.137. The topological polar surface area (TPSA) is 111 Å². The molecule has 9 nitrogen and oxygen atoms in total. The molecule has 2 atom stereocenters. The fraction of sp³-hybridized carbons (Fsp3) is 0.565. The van der Waals surface area contributed by atoms with Gasteiger partial charge in [-0.2, -0.15) is 0 Å². The van der Waals surface area contributed by atoms with Gasteiger partial charge in [0.15, 0.2) is 0 Å².